The minimum absolute atomic E-state index is 0.513. The van der Waals surface area contributed by atoms with Crippen LogP contribution < -0.4 is 5.32 Å². The SMILES string of the molecule is CC(C)N1CC(Nc2ncncc2Br)C1. The van der Waals surface area contributed by atoms with Crippen LogP contribution >= 0.6 is 15.9 Å². The summed E-state index contributed by atoms with van der Waals surface area (Å²) in [5, 5.41) is 3.39. The van der Waals surface area contributed by atoms with Crippen molar-refractivity contribution in [1.29, 1.82) is 0 Å². The molecule has 1 aliphatic rings. The molecule has 2 heterocycles. The van der Waals surface area contributed by atoms with Crippen molar-refractivity contribution in [3.8, 4) is 0 Å². The van der Waals surface area contributed by atoms with Crippen LogP contribution in [0.4, 0.5) is 5.82 Å². The van der Waals surface area contributed by atoms with Crippen LogP contribution in [0.2, 0.25) is 0 Å². The summed E-state index contributed by atoms with van der Waals surface area (Å²) >= 11 is 3.42. The number of likely N-dealkylation sites (tertiary alicyclic amines) is 1. The number of rotatable bonds is 3. The minimum Gasteiger partial charge on any atom is -0.364 e. The third-order valence-electron chi connectivity index (χ3n) is 2.65. The Morgan fingerprint density at radius 1 is 1.53 bits per heavy atom. The summed E-state index contributed by atoms with van der Waals surface area (Å²) in [7, 11) is 0. The van der Waals surface area contributed by atoms with Crippen molar-refractivity contribution in [3.05, 3.63) is 17.0 Å². The molecule has 0 unspecified atom stereocenters. The second-order valence-corrected chi connectivity index (χ2v) is 4.96. The molecule has 2 rings (SSSR count). The zero-order chi connectivity index (χ0) is 10.8. The minimum atomic E-state index is 0.513. The molecular formula is C10H15BrN4. The number of hydrogen-bond acceptors (Lipinski definition) is 4. The van der Waals surface area contributed by atoms with Crippen molar-refractivity contribution in [1.82, 2.24) is 14.9 Å². The standard InChI is InChI=1S/C10H15BrN4/c1-7(2)15-4-8(5-15)14-10-9(11)3-12-6-13-10/h3,6-8H,4-5H2,1-2H3,(H,12,13,14). The Labute approximate surface area is 98.2 Å². The first-order chi connectivity index (χ1) is 7.16. The van der Waals surface area contributed by atoms with Gasteiger partial charge in [0.05, 0.1) is 10.5 Å². The monoisotopic (exact) mass is 270 g/mol. The van der Waals surface area contributed by atoms with E-state index in [0.717, 1.165) is 23.4 Å². The van der Waals surface area contributed by atoms with Gasteiger partial charge in [-0.15, -0.1) is 0 Å². The molecule has 82 valence electrons. The molecule has 1 N–H and O–H groups in total. The molecular weight excluding hydrogens is 256 g/mol. The molecule has 0 aromatic carbocycles. The Balaban J connectivity index is 1.88. The highest BCUT2D eigenvalue weighted by molar-refractivity contribution is 9.10. The topological polar surface area (TPSA) is 41.0 Å². The first-order valence-corrected chi connectivity index (χ1v) is 5.92. The zero-order valence-electron chi connectivity index (χ0n) is 8.94. The summed E-state index contributed by atoms with van der Waals surface area (Å²) in [6, 6.07) is 1.15. The second-order valence-electron chi connectivity index (χ2n) is 4.11. The van der Waals surface area contributed by atoms with Crippen LogP contribution in [0, 0.1) is 0 Å². The number of halogens is 1. The predicted molar refractivity (Wildman–Crippen MR) is 63.9 cm³/mol. The maximum atomic E-state index is 4.18. The summed E-state index contributed by atoms with van der Waals surface area (Å²) < 4.78 is 0.924. The molecule has 1 saturated heterocycles. The van der Waals surface area contributed by atoms with Gasteiger partial charge in [-0.1, -0.05) is 0 Å². The third kappa shape index (κ3) is 2.46. The molecule has 5 heteroatoms. The van der Waals surface area contributed by atoms with Crippen LogP contribution in [0.1, 0.15) is 13.8 Å². The lowest BCUT2D eigenvalue weighted by Gasteiger charge is -2.42. The Kier molecular flexibility index (Phi) is 3.21. The second kappa shape index (κ2) is 4.45. The number of anilines is 1. The molecule has 0 amide bonds. The molecule has 0 saturated carbocycles. The van der Waals surface area contributed by atoms with Crippen molar-refractivity contribution in [3.63, 3.8) is 0 Å². The zero-order valence-corrected chi connectivity index (χ0v) is 10.5. The van der Waals surface area contributed by atoms with Gasteiger partial charge >= 0.3 is 0 Å². The molecule has 1 aliphatic heterocycles. The van der Waals surface area contributed by atoms with Crippen LogP contribution in [0.15, 0.2) is 17.0 Å². The average Bonchev–Trinajstić information content (AvgIpc) is 2.12. The summed E-state index contributed by atoms with van der Waals surface area (Å²) in [6.07, 6.45) is 3.32. The molecule has 0 bridgehead atoms. The van der Waals surface area contributed by atoms with E-state index in [4.69, 9.17) is 0 Å². The van der Waals surface area contributed by atoms with Crippen molar-refractivity contribution in [2.75, 3.05) is 18.4 Å². The predicted octanol–water partition coefficient (Wildman–Crippen LogP) is 1.74. The van der Waals surface area contributed by atoms with Crippen molar-refractivity contribution in [2.24, 2.45) is 0 Å². The summed E-state index contributed by atoms with van der Waals surface area (Å²) in [6.45, 7) is 6.62. The van der Waals surface area contributed by atoms with Crippen LogP contribution in [0.5, 0.6) is 0 Å². The van der Waals surface area contributed by atoms with Gasteiger partial charge in [0.1, 0.15) is 12.1 Å². The highest BCUT2D eigenvalue weighted by Crippen LogP contribution is 2.21. The number of aromatic nitrogens is 2. The summed E-state index contributed by atoms with van der Waals surface area (Å²) in [5.74, 6) is 0.887. The van der Waals surface area contributed by atoms with Gasteiger partial charge < -0.3 is 5.32 Å². The normalized spacial score (nSPS) is 17.9. The quantitative estimate of drug-likeness (QED) is 0.909. The van der Waals surface area contributed by atoms with Gasteiger partial charge in [0, 0.05) is 25.3 Å². The number of nitrogens with zero attached hydrogens (tertiary/aromatic N) is 3. The summed E-state index contributed by atoms with van der Waals surface area (Å²) in [5.41, 5.74) is 0. The number of hydrogen-bond donors (Lipinski definition) is 1. The van der Waals surface area contributed by atoms with Gasteiger partial charge in [-0.3, -0.25) is 4.90 Å². The lowest BCUT2D eigenvalue weighted by molar-refractivity contribution is 0.122. The summed E-state index contributed by atoms with van der Waals surface area (Å²) in [4.78, 5) is 10.5. The molecule has 0 aliphatic carbocycles. The Hall–Kier alpha value is -0.680. The van der Waals surface area contributed by atoms with Gasteiger partial charge in [0.15, 0.2) is 0 Å². The van der Waals surface area contributed by atoms with E-state index in [9.17, 15) is 0 Å². The van der Waals surface area contributed by atoms with Gasteiger partial charge in [-0.25, -0.2) is 9.97 Å². The Bertz CT molecular complexity index is 336. The molecule has 0 atom stereocenters. The Morgan fingerprint density at radius 2 is 2.27 bits per heavy atom. The first kappa shape index (κ1) is 10.8. The lowest BCUT2D eigenvalue weighted by Crippen LogP contribution is -2.57. The molecule has 1 aromatic rings. The van der Waals surface area contributed by atoms with E-state index in [2.05, 4.69) is 50.0 Å². The van der Waals surface area contributed by atoms with Crippen molar-refractivity contribution < 1.29 is 0 Å². The van der Waals surface area contributed by atoms with E-state index in [1.54, 1.807) is 12.5 Å². The third-order valence-corrected chi connectivity index (χ3v) is 3.23. The van der Waals surface area contributed by atoms with Gasteiger partial charge in [-0.2, -0.15) is 0 Å². The Morgan fingerprint density at radius 3 is 2.87 bits per heavy atom. The smallest absolute Gasteiger partial charge is 0.144 e. The first-order valence-electron chi connectivity index (χ1n) is 5.13. The van der Waals surface area contributed by atoms with Gasteiger partial charge in [-0.05, 0) is 29.8 Å². The van der Waals surface area contributed by atoms with E-state index in [1.165, 1.54) is 0 Å². The van der Waals surface area contributed by atoms with E-state index < -0.39 is 0 Å². The fourth-order valence-corrected chi connectivity index (χ4v) is 1.97. The van der Waals surface area contributed by atoms with E-state index in [-0.39, 0.29) is 0 Å². The van der Waals surface area contributed by atoms with Gasteiger partial charge in [0.2, 0.25) is 0 Å². The fourth-order valence-electron chi connectivity index (χ4n) is 1.64. The highest BCUT2D eigenvalue weighted by atomic mass is 79.9. The van der Waals surface area contributed by atoms with Crippen LogP contribution in [-0.4, -0.2) is 40.0 Å². The van der Waals surface area contributed by atoms with Crippen molar-refractivity contribution >= 4 is 21.7 Å². The molecule has 1 fully saturated rings. The van der Waals surface area contributed by atoms with Crippen LogP contribution in [0.3, 0.4) is 0 Å². The fraction of sp³-hybridized carbons (Fsp3) is 0.600. The molecule has 4 nitrogen and oxygen atoms in total. The molecule has 1 aromatic heterocycles. The average molecular weight is 271 g/mol. The largest absolute Gasteiger partial charge is 0.364 e. The lowest BCUT2D eigenvalue weighted by atomic mass is 10.1. The molecule has 0 spiro atoms. The van der Waals surface area contributed by atoms with E-state index in [1.807, 2.05) is 0 Å². The van der Waals surface area contributed by atoms with Gasteiger partial charge in [0.25, 0.3) is 0 Å². The number of nitrogens with one attached hydrogen (secondary N) is 1. The van der Waals surface area contributed by atoms with Crippen molar-refractivity contribution in [2.45, 2.75) is 25.9 Å². The highest BCUT2D eigenvalue weighted by Gasteiger charge is 2.28. The van der Waals surface area contributed by atoms with Crippen LogP contribution in [-0.2, 0) is 0 Å². The molecule has 15 heavy (non-hydrogen) atoms. The van der Waals surface area contributed by atoms with E-state index in [0.29, 0.717) is 12.1 Å². The maximum Gasteiger partial charge on any atom is 0.144 e. The van der Waals surface area contributed by atoms with E-state index >= 15 is 0 Å². The van der Waals surface area contributed by atoms with Crippen LogP contribution in [0.25, 0.3) is 0 Å². The maximum absolute atomic E-state index is 4.18. The molecule has 0 radical (unpaired) electrons.